The fourth-order valence-electron chi connectivity index (χ4n) is 1.25. The fourth-order valence-corrected chi connectivity index (χ4v) is 1.59. The topological polar surface area (TPSA) is 29.5 Å². The van der Waals surface area contributed by atoms with E-state index in [4.69, 9.17) is 4.74 Å². The fraction of sp³-hybridized carbons (Fsp3) is 0.222. The number of anilines is 1. The monoisotopic (exact) mass is 241 g/mol. The number of halogens is 1. The van der Waals surface area contributed by atoms with E-state index in [-0.39, 0.29) is 12.5 Å². The Morgan fingerprint density at radius 2 is 2.31 bits per heavy atom. The molecule has 0 fully saturated rings. The molecule has 1 aliphatic rings. The number of benzene rings is 1. The van der Waals surface area contributed by atoms with Gasteiger partial charge < -0.3 is 9.64 Å². The first-order valence-electron chi connectivity index (χ1n) is 3.87. The lowest BCUT2D eigenvalue weighted by Gasteiger charge is -2.25. The van der Waals surface area contributed by atoms with Gasteiger partial charge >= 0.3 is 0 Å². The second kappa shape index (κ2) is 3.03. The Labute approximate surface area is 84.4 Å². The van der Waals surface area contributed by atoms with Crippen LogP contribution in [0.3, 0.4) is 0 Å². The van der Waals surface area contributed by atoms with Gasteiger partial charge in [-0.15, -0.1) is 0 Å². The number of likely N-dealkylation sites (N-methyl/N-ethyl adjacent to an activating group) is 1. The molecule has 0 radical (unpaired) electrons. The van der Waals surface area contributed by atoms with E-state index >= 15 is 0 Å². The molecule has 0 saturated carbocycles. The van der Waals surface area contributed by atoms with Crippen molar-refractivity contribution in [2.45, 2.75) is 0 Å². The third-order valence-electron chi connectivity index (χ3n) is 2.01. The minimum absolute atomic E-state index is 0.0187. The average Bonchev–Trinajstić information content (AvgIpc) is 2.12. The predicted octanol–water partition coefficient (Wildman–Crippen LogP) is 1.80. The lowest BCUT2D eigenvalue weighted by molar-refractivity contribution is -0.120. The molecule has 1 heterocycles. The van der Waals surface area contributed by atoms with Gasteiger partial charge in [-0.25, -0.2) is 0 Å². The van der Waals surface area contributed by atoms with Crippen LogP contribution in [0.1, 0.15) is 0 Å². The molecule has 68 valence electrons. The molecule has 3 nitrogen and oxygen atoms in total. The Bertz CT molecular complexity index is 365. The van der Waals surface area contributed by atoms with Crippen molar-refractivity contribution in [2.75, 3.05) is 18.6 Å². The lowest BCUT2D eigenvalue weighted by Crippen LogP contribution is -2.35. The van der Waals surface area contributed by atoms with Crippen molar-refractivity contribution in [3.8, 4) is 5.75 Å². The van der Waals surface area contributed by atoms with E-state index in [1.165, 1.54) is 0 Å². The third kappa shape index (κ3) is 1.42. The Morgan fingerprint density at radius 1 is 1.54 bits per heavy atom. The van der Waals surface area contributed by atoms with Crippen molar-refractivity contribution in [3.05, 3.63) is 22.7 Å². The zero-order valence-electron chi connectivity index (χ0n) is 7.08. The molecule has 1 aromatic rings. The van der Waals surface area contributed by atoms with E-state index in [1.54, 1.807) is 11.9 Å². The molecule has 4 heteroatoms. The number of hydrogen-bond donors (Lipinski definition) is 0. The zero-order valence-corrected chi connectivity index (χ0v) is 8.67. The van der Waals surface area contributed by atoms with Crippen molar-refractivity contribution in [2.24, 2.45) is 0 Å². The molecule has 1 aromatic carbocycles. The lowest BCUT2D eigenvalue weighted by atomic mass is 10.2. The van der Waals surface area contributed by atoms with Crippen LogP contribution in [0.25, 0.3) is 0 Å². The summed E-state index contributed by atoms with van der Waals surface area (Å²) in [6.45, 7) is 0.125. The number of ether oxygens (including phenoxy) is 1. The maximum Gasteiger partial charge on any atom is 0.264 e. The van der Waals surface area contributed by atoms with Gasteiger partial charge in [-0.05, 0) is 18.2 Å². The highest BCUT2D eigenvalue weighted by Crippen LogP contribution is 2.33. The maximum absolute atomic E-state index is 11.2. The van der Waals surface area contributed by atoms with Gasteiger partial charge in [-0.3, -0.25) is 4.79 Å². The van der Waals surface area contributed by atoms with E-state index in [0.717, 1.165) is 15.9 Å². The highest BCUT2D eigenvalue weighted by atomic mass is 79.9. The molecule has 0 aromatic heterocycles. The molecule has 0 N–H and O–H groups in total. The average molecular weight is 242 g/mol. The summed E-state index contributed by atoms with van der Waals surface area (Å²) in [4.78, 5) is 12.8. The van der Waals surface area contributed by atoms with Crippen LogP contribution in [0.15, 0.2) is 22.7 Å². The minimum Gasteiger partial charge on any atom is -0.482 e. The Balaban J connectivity index is 2.49. The second-order valence-corrected chi connectivity index (χ2v) is 3.77. The van der Waals surface area contributed by atoms with Gasteiger partial charge in [-0.2, -0.15) is 0 Å². The van der Waals surface area contributed by atoms with Crippen LogP contribution in [0.2, 0.25) is 0 Å². The molecule has 0 aliphatic carbocycles. The molecule has 2 rings (SSSR count). The number of carbonyl (C=O) groups excluding carboxylic acids is 1. The van der Waals surface area contributed by atoms with Crippen molar-refractivity contribution in [1.29, 1.82) is 0 Å². The number of rotatable bonds is 0. The number of fused-ring (bicyclic) bond motifs is 1. The predicted molar refractivity (Wildman–Crippen MR) is 53.0 cm³/mol. The number of amides is 1. The molecule has 1 aliphatic heterocycles. The van der Waals surface area contributed by atoms with Crippen LogP contribution in [0, 0.1) is 0 Å². The molecular formula is C9H8BrNO2. The summed E-state index contributed by atoms with van der Waals surface area (Å²) in [6.07, 6.45) is 0. The number of nitrogens with zero attached hydrogens (tertiary/aromatic N) is 1. The van der Waals surface area contributed by atoms with Crippen molar-refractivity contribution >= 4 is 27.5 Å². The van der Waals surface area contributed by atoms with Crippen LogP contribution in [0.5, 0.6) is 5.75 Å². The highest BCUT2D eigenvalue weighted by Gasteiger charge is 2.21. The number of carbonyl (C=O) groups is 1. The summed E-state index contributed by atoms with van der Waals surface area (Å²) < 4.78 is 6.22. The summed E-state index contributed by atoms with van der Waals surface area (Å²) in [6, 6.07) is 5.60. The minimum atomic E-state index is -0.0187. The van der Waals surface area contributed by atoms with Gasteiger partial charge in [0.1, 0.15) is 5.75 Å². The van der Waals surface area contributed by atoms with Gasteiger partial charge in [0, 0.05) is 11.5 Å². The van der Waals surface area contributed by atoms with Crippen molar-refractivity contribution in [3.63, 3.8) is 0 Å². The SMILES string of the molecule is CN1C(=O)COc2cc(Br)ccc21. The van der Waals surface area contributed by atoms with Gasteiger partial charge in [0.25, 0.3) is 5.91 Å². The van der Waals surface area contributed by atoms with E-state index in [9.17, 15) is 4.79 Å². The van der Waals surface area contributed by atoms with Crippen molar-refractivity contribution < 1.29 is 9.53 Å². The number of hydrogen-bond acceptors (Lipinski definition) is 2. The van der Waals surface area contributed by atoms with Crippen LogP contribution in [0.4, 0.5) is 5.69 Å². The first-order chi connectivity index (χ1) is 6.18. The van der Waals surface area contributed by atoms with E-state index < -0.39 is 0 Å². The normalized spacial score (nSPS) is 15.2. The summed E-state index contributed by atoms with van der Waals surface area (Å²) in [7, 11) is 1.75. The Hall–Kier alpha value is -1.03. The maximum atomic E-state index is 11.2. The van der Waals surface area contributed by atoms with Crippen LogP contribution < -0.4 is 9.64 Å². The standard InChI is InChI=1S/C9H8BrNO2/c1-11-7-3-2-6(10)4-8(7)13-5-9(11)12/h2-4H,5H2,1H3. The second-order valence-electron chi connectivity index (χ2n) is 2.85. The molecule has 0 unspecified atom stereocenters. The third-order valence-corrected chi connectivity index (χ3v) is 2.50. The molecule has 0 spiro atoms. The molecule has 0 bridgehead atoms. The molecule has 0 saturated heterocycles. The van der Waals surface area contributed by atoms with Gasteiger partial charge in [-0.1, -0.05) is 15.9 Å². The largest absolute Gasteiger partial charge is 0.482 e. The summed E-state index contributed by atoms with van der Waals surface area (Å²) in [5.74, 6) is 0.728. The van der Waals surface area contributed by atoms with E-state index in [0.29, 0.717) is 0 Å². The summed E-state index contributed by atoms with van der Waals surface area (Å²) >= 11 is 3.34. The Kier molecular flexibility index (Phi) is 2.00. The molecule has 0 atom stereocenters. The molecule has 13 heavy (non-hydrogen) atoms. The zero-order chi connectivity index (χ0) is 9.42. The first kappa shape index (κ1) is 8.56. The first-order valence-corrected chi connectivity index (χ1v) is 4.66. The summed E-state index contributed by atoms with van der Waals surface area (Å²) in [5, 5.41) is 0. The smallest absolute Gasteiger partial charge is 0.264 e. The van der Waals surface area contributed by atoms with Crippen molar-refractivity contribution in [1.82, 2.24) is 0 Å². The molecule has 1 amide bonds. The van der Waals surface area contributed by atoms with Crippen LogP contribution in [-0.2, 0) is 4.79 Å². The van der Waals surface area contributed by atoms with E-state index in [1.807, 2.05) is 18.2 Å². The van der Waals surface area contributed by atoms with Crippen LogP contribution >= 0.6 is 15.9 Å². The van der Waals surface area contributed by atoms with Gasteiger partial charge in [0.05, 0.1) is 5.69 Å². The molecular weight excluding hydrogens is 234 g/mol. The van der Waals surface area contributed by atoms with Crippen LogP contribution in [-0.4, -0.2) is 19.6 Å². The van der Waals surface area contributed by atoms with E-state index in [2.05, 4.69) is 15.9 Å². The van der Waals surface area contributed by atoms with Gasteiger partial charge in [0.15, 0.2) is 6.61 Å². The summed E-state index contributed by atoms with van der Waals surface area (Å²) in [5.41, 5.74) is 0.819. The highest BCUT2D eigenvalue weighted by molar-refractivity contribution is 9.10. The Morgan fingerprint density at radius 3 is 3.08 bits per heavy atom. The van der Waals surface area contributed by atoms with Gasteiger partial charge in [0.2, 0.25) is 0 Å². The quantitative estimate of drug-likeness (QED) is 0.694.